The Balaban J connectivity index is 3.80. The van der Waals surface area contributed by atoms with E-state index in [0.29, 0.717) is 5.70 Å². The molecule has 2 N–H and O–H groups in total. The molecule has 0 bridgehead atoms. The maximum absolute atomic E-state index is 10.9. The quantitative estimate of drug-likeness (QED) is 0.636. The lowest BCUT2D eigenvalue weighted by Gasteiger charge is -2.15. The zero-order chi connectivity index (χ0) is 9.07. The van der Waals surface area contributed by atoms with Crippen molar-refractivity contribution in [3.05, 3.63) is 12.3 Å². The van der Waals surface area contributed by atoms with Crippen LogP contribution in [0.5, 0.6) is 0 Å². The zero-order valence-electron chi connectivity index (χ0n) is 7.27. The first-order valence-electron chi connectivity index (χ1n) is 3.49. The molecule has 0 aromatic carbocycles. The van der Waals surface area contributed by atoms with Crippen LogP contribution in [0.3, 0.4) is 0 Å². The molecule has 0 aromatic heterocycles. The van der Waals surface area contributed by atoms with E-state index >= 15 is 0 Å². The Bertz CT molecular complexity index is 167. The van der Waals surface area contributed by atoms with E-state index in [1.807, 2.05) is 0 Å². The minimum atomic E-state index is -0.945. The monoisotopic (exact) mass is 157 g/mol. The van der Waals surface area contributed by atoms with E-state index in [4.69, 9.17) is 0 Å². The Morgan fingerprint density at radius 2 is 2.09 bits per heavy atom. The number of rotatable bonds is 3. The van der Waals surface area contributed by atoms with Crippen LogP contribution in [0.15, 0.2) is 12.3 Å². The van der Waals surface area contributed by atoms with Crippen LogP contribution in [0.25, 0.3) is 0 Å². The minimum Gasteiger partial charge on any atom is -0.390 e. The molecule has 0 atom stereocenters. The number of allylic oxidation sites excluding steroid dienone is 1. The van der Waals surface area contributed by atoms with Gasteiger partial charge in [-0.2, -0.15) is 0 Å². The summed E-state index contributed by atoms with van der Waals surface area (Å²) in [6.07, 6.45) is 0.0971. The molecule has 64 valence electrons. The van der Waals surface area contributed by atoms with Gasteiger partial charge in [-0.05, 0) is 20.8 Å². The molecule has 3 heteroatoms. The predicted octanol–water partition coefficient (Wildman–Crippen LogP) is 0.797. The molecule has 0 rings (SSSR count). The summed E-state index contributed by atoms with van der Waals surface area (Å²) in [6, 6.07) is 0. The second-order valence-corrected chi connectivity index (χ2v) is 3.32. The minimum absolute atomic E-state index is 0.0971. The molecule has 0 aliphatic carbocycles. The molecule has 0 saturated carbocycles. The average molecular weight is 157 g/mol. The highest BCUT2D eigenvalue weighted by molar-refractivity contribution is 5.78. The first-order chi connectivity index (χ1) is 4.81. The topological polar surface area (TPSA) is 49.3 Å². The van der Waals surface area contributed by atoms with Gasteiger partial charge in [-0.25, -0.2) is 0 Å². The van der Waals surface area contributed by atoms with Crippen molar-refractivity contribution in [1.82, 2.24) is 5.32 Å². The summed E-state index contributed by atoms with van der Waals surface area (Å²) < 4.78 is 0. The fourth-order valence-corrected chi connectivity index (χ4v) is 0.675. The molecule has 0 aliphatic heterocycles. The number of carbonyl (C=O) groups excluding carboxylic acids is 1. The summed E-state index contributed by atoms with van der Waals surface area (Å²) >= 11 is 0. The van der Waals surface area contributed by atoms with Crippen molar-refractivity contribution >= 4 is 5.91 Å². The van der Waals surface area contributed by atoms with Gasteiger partial charge in [0.2, 0.25) is 5.91 Å². The van der Waals surface area contributed by atoms with Crippen molar-refractivity contribution in [3.8, 4) is 0 Å². The molecule has 11 heavy (non-hydrogen) atoms. The molecule has 0 spiro atoms. The summed E-state index contributed by atoms with van der Waals surface area (Å²) in [5.41, 5.74) is -0.348. The van der Waals surface area contributed by atoms with Crippen molar-refractivity contribution in [2.75, 3.05) is 0 Å². The third-order valence-electron chi connectivity index (χ3n) is 0.946. The Kier molecular flexibility index (Phi) is 3.26. The van der Waals surface area contributed by atoms with Gasteiger partial charge in [0.15, 0.2) is 0 Å². The number of carbonyl (C=O) groups is 1. The summed E-state index contributed by atoms with van der Waals surface area (Å²) in [4.78, 5) is 10.9. The molecule has 0 saturated heterocycles. The van der Waals surface area contributed by atoms with Crippen LogP contribution in [-0.4, -0.2) is 16.6 Å². The van der Waals surface area contributed by atoms with Crippen LogP contribution in [-0.2, 0) is 4.79 Å². The summed E-state index contributed by atoms with van der Waals surface area (Å²) in [5.74, 6) is -0.204. The largest absolute Gasteiger partial charge is 0.390 e. The van der Waals surface area contributed by atoms with Gasteiger partial charge in [-0.15, -0.1) is 0 Å². The molecule has 0 aromatic rings. The van der Waals surface area contributed by atoms with E-state index in [-0.39, 0.29) is 12.3 Å². The van der Waals surface area contributed by atoms with Crippen molar-refractivity contribution < 1.29 is 9.90 Å². The Labute approximate surface area is 67.1 Å². The molecule has 1 amide bonds. The Morgan fingerprint density at radius 1 is 1.64 bits per heavy atom. The summed E-state index contributed by atoms with van der Waals surface area (Å²) in [6.45, 7) is 8.38. The highest BCUT2D eigenvalue weighted by atomic mass is 16.3. The van der Waals surface area contributed by atoms with Gasteiger partial charge < -0.3 is 10.4 Å². The van der Waals surface area contributed by atoms with Crippen molar-refractivity contribution in [1.29, 1.82) is 0 Å². The van der Waals surface area contributed by atoms with E-state index in [1.165, 1.54) is 0 Å². The molecule has 0 aliphatic rings. The maximum atomic E-state index is 10.9. The third kappa shape index (κ3) is 7.06. The van der Waals surface area contributed by atoms with Crippen molar-refractivity contribution in [3.63, 3.8) is 0 Å². The average Bonchev–Trinajstić information content (AvgIpc) is 1.53. The molecule has 0 radical (unpaired) electrons. The van der Waals surface area contributed by atoms with E-state index in [0.717, 1.165) is 0 Å². The fourth-order valence-electron chi connectivity index (χ4n) is 0.675. The van der Waals surface area contributed by atoms with Gasteiger partial charge in [-0.1, -0.05) is 6.58 Å². The van der Waals surface area contributed by atoms with Gasteiger partial charge in [0.1, 0.15) is 0 Å². The van der Waals surface area contributed by atoms with E-state index in [2.05, 4.69) is 11.9 Å². The number of nitrogens with one attached hydrogen (secondary N) is 1. The number of hydrogen-bond donors (Lipinski definition) is 2. The fraction of sp³-hybridized carbons (Fsp3) is 0.625. The molecule has 0 unspecified atom stereocenters. The van der Waals surface area contributed by atoms with Gasteiger partial charge >= 0.3 is 0 Å². The number of aliphatic hydroxyl groups is 1. The predicted molar refractivity (Wildman–Crippen MR) is 43.9 cm³/mol. The highest BCUT2D eigenvalue weighted by Gasteiger charge is 2.17. The molecule has 0 heterocycles. The Hall–Kier alpha value is -0.830. The van der Waals surface area contributed by atoms with Crippen molar-refractivity contribution in [2.45, 2.75) is 32.8 Å². The van der Waals surface area contributed by atoms with Crippen LogP contribution in [0.4, 0.5) is 0 Å². The second kappa shape index (κ2) is 3.53. The Morgan fingerprint density at radius 3 is 2.36 bits per heavy atom. The normalized spacial score (nSPS) is 10.9. The number of amides is 1. The highest BCUT2D eigenvalue weighted by Crippen LogP contribution is 2.06. The van der Waals surface area contributed by atoms with Crippen molar-refractivity contribution in [2.24, 2.45) is 0 Å². The maximum Gasteiger partial charge on any atom is 0.226 e. The van der Waals surface area contributed by atoms with Crippen LogP contribution >= 0.6 is 0 Å². The standard InChI is InChI=1S/C8H15NO2/c1-6(2)9-7(10)5-8(3,4)11/h11H,1,5H2,2-4H3,(H,9,10). The summed E-state index contributed by atoms with van der Waals surface area (Å²) in [7, 11) is 0. The second-order valence-electron chi connectivity index (χ2n) is 3.32. The SMILES string of the molecule is C=C(C)NC(=O)CC(C)(C)O. The smallest absolute Gasteiger partial charge is 0.226 e. The lowest BCUT2D eigenvalue weighted by molar-refractivity contribution is -0.124. The first kappa shape index (κ1) is 10.2. The van der Waals surface area contributed by atoms with Gasteiger partial charge in [0, 0.05) is 5.70 Å². The van der Waals surface area contributed by atoms with Gasteiger partial charge in [0.05, 0.1) is 12.0 Å². The lowest BCUT2D eigenvalue weighted by Crippen LogP contribution is -2.30. The number of hydrogen-bond acceptors (Lipinski definition) is 2. The van der Waals surface area contributed by atoms with E-state index in [1.54, 1.807) is 20.8 Å². The van der Waals surface area contributed by atoms with Crippen LogP contribution in [0, 0.1) is 0 Å². The third-order valence-corrected chi connectivity index (χ3v) is 0.946. The van der Waals surface area contributed by atoms with Crippen LogP contribution in [0.1, 0.15) is 27.2 Å². The molecular formula is C8H15NO2. The zero-order valence-corrected chi connectivity index (χ0v) is 7.27. The van der Waals surface area contributed by atoms with Crippen LogP contribution in [0.2, 0.25) is 0 Å². The molecule has 0 fully saturated rings. The van der Waals surface area contributed by atoms with E-state index < -0.39 is 5.60 Å². The van der Waals surface area contributed by atoms with Gasteiger partial charge in [-0.3, -0.25) is 4.79 Å². The van der Waals surface area contributed by atoms with Crippen LogP contribution < -0.4 is 5.32 Å². The lowest BCUT2D eigenvalue weighted by atomic mass is 10.1. The molecule has 3 nitrogen and oxygen atoms in total. The molecular weight excluding hydrogens is 142 g/mol. The summed E-state index contributed by atoms with van der Waals surface area (Å²) in [5, 5.41) is 11.7. The van der Waals surface area contributed by atoms with Gasteiger partial charge in [0.25, 0.3) is 0 Å². The van der Waals surface area contributed by atoms with E-state index in [9.17, 15) is 9.90 Å². The first-order valence-corrected chi connectivity index (χ1v) is 3.49.